The van der Waals surface area contributed by atoms with E-state index in [9.17, 15) is 0 Å². The van der Waals surface area contributed by atoms with Crippen LogP contribution in [0.25, 0.3) is 0 Å². The molecule has 0 atom stereocenters. The summed E-state index contributed by atoms with van der Waals surface area (Å²) in [5.74, 6) is 1.67. The zero-order chi connectivity index (χ0) is 15.0. The average molecular weight is 346 g/mol. The summed E-state index contributed by atoms with van der Waals surface area (Å²) in [6.07, 6.45) is 3.67. The van der Waals surface area contributed by atoms with Gasteiger partial charge in [-0.2, -0.15) is 0 Å². The number of hydrogen-bond acceptors (Lipinski definition) is 3. The van der Waals surface area contributed by atoms with E-state index in [2.05, 4.69) is 70.2 Å². The highest BCUT2D eigenvalue weighted by Gasteiger charge is 2.19. The van der Waals surface area contributed by atoms with Crippen molar-refractivity contribution in [3.63, 3.8) is 0 Å². The Kier molecular flexibility index (Phi) is 3.74. The Hall–Kier alpha value is -1.42. The highest BCUT2D eigenvalue weighted by Crippen LogP contribution is 2.28. The van der Waals surface area contributed by atoms with E-state index >= 15 is 0 Å². The van der Waals surface area contributed by atoms with Gasteiger partial charge in [-0.05, 0) is 58.5 Å². The highest BCUT2D eigenvalue weighted by atomic mass is 79.9. The summed E-state index contributed by atoms with van der Waals surface area (Å²) in [6, 6.07) is 8.53. The molecule has 21 heavy (non-hydrogen) atoms. The molecule has 0 amide bonds. The van der Waals surface area contributed by atoms with E-state index < -0.39 is 0 Å². The van der Waals surface area contributed by atoms with E-state index in [4.69, 9.17) is 0 Å². The summed E-state index contributed by atoms with van der Waals surface area (Å²) in [5, 5.41) is 3.41. The fourth-order valence-electron chi connectivity index (χ4n) is 2.61. The summed E-state index contributed by atoms with van der Waals surface area (Å²) in [4.78, 5) is 9.11. The predicted octanol–water partition coefficient (Wildman–Crippen LogP) is 4.77. The van der Waals surface area contributed by atoms with Crippen LogP contribution in [0.4, 0.5) is 11.5 Å². The number of aromatic nitrogens is 2. The van der Waals surface area contributed by atoms with E-state index in [-0.39, 0.29) is 5.41 Å². The monoisotopic (exact) mass is 345 g/mol. The SMILES string of the molecule is CC(C)(C)c1nc(Br)cc(Nc2ccc3c(c2)CCC3)n1. The molecule has 0 radical (unpaired) electrons. The molecule has 0 spiro atoms. The maximum Gasteiger partial charge on any atom is 0.137 e. The van der Waals surface area contributed by atoms with Crippen molar-refractivity contribution in [2.75, 3.05) is 5.32 Å². The van der Waals surface area contributed by atoms with Gasteiger partial charge >= 0.3 is 0 Å². The minimum Gasteiger partial charge on any atom is -0.340 e. The lowest BCUT2D eigenvalue weighted by molar-refractivity contribution is 0.544. The van der Waals surface area contributed by atoms with Gasteiger partial charge in [-0.25, -0.2) is 9.97 Å². The van der Waals surface area contributed by atoms with Crippen LogP contribution in [-0.2, 0) is 18.3 Å². The van der Waals surface area contributed by atoms with Crippen molar-refractivity contribution in [1.29, 1.82) is 0 Å². The molecule has 110 valence electrons. The van der Waals surface area contributed by atoms with E-state index in [1.807, 2.05) is 6.07 Å². The number of halogens is 1. The number of anilines is 2. The molecule has 2 aromatic rings. The first-order valence-electron chi connectivity index (χ1n) is 7.36. The van der Waals surface area contributed by atoms with Crippen molar-refractivity contribution in [2.24, 2.45) is 0 Å². The van der Waals surface area contributed by atoms with Crippen LogP contribution < -0.4 is 5.32 Å². The second-order valence-electron chi connectivity index (χ2n) is 6.61. The standard InChI is InChI=1S/C17H20BrN3/c1-17(2,3)16-20-14(18)10-15(21-16)19-13-8-7-11-5-4-6-12(11)9-13/h7-10H,4-6H2,1-3H3,(H,19,20,21). The van der Waals surface area contributed by atoms with Gasteiger partial charge in [0.05, 0.1) is 0 Å². The molecule has 1 aromatic carbocycles. The van der Waals surface area contributed by atoms with Gasteiger partial charge in [0.15, 0.2) is 0 Å². The number of aryl methyl sites for hydroxylation is 2. The number of rotatable bonds is 2. The lowest BCUT2D eigenvalue weighted by atomic mass is 9.96. The maximum atomic E-state index is 4.64. The Labute approximate surface area is 134 Å². The fourth-order valence-corrected chi connectivity index (χ4v) is 3.00. The Balaban J connectivity index is 1.89. The van der Waals surface area contributed by atoms with Gasteiger partial charge in [0.1, 0.15) is 16.2 Å². The topological polar surface area (TPSA) is 37.8 Å². The lowest BCUT2D eigenvalue weighted by Gasteiger charge is -2.18. The van der Waals surface area contributed by atoms with E-state index in [1.165, 1.54) is 30.4 Å². The first-order chi connectivity index (χ1) is 9.91. The molecule has 1 N–H and O–H groups in total. The Bertz CT molecular complexity index is 674. The van der Waals surface area contributed by atoms with Gasteiger partial charge in [-0.1, -0.05) is 26.8 Å². The second kappa shape index (κ2) is 5.41. The molecule has 1 aliphatic rings. The zero-order valence-corrected chi connectivity index (χ0v) is 14.3. The first kappa shape index (κ1) is 14.5. The molecule has 0 saturated heterocycles. The van der Waals surface area contributed by atoms with Gasteiger partial charge in [-0.3, -0.25) is 0 Å². The molecule has 0 bridgehead atoms. The quantitative estimate of drug-likeness (QED) is 0.796. The molecule has 0 saturated carbocycles. The van der Waals surface area contributed by atoms with Gasteiger partial charge in [-0.15, -0.1) is 0 Å². The molecule has 1 aromatic heterocycles. The molecule has 1 aliphatic carbocycles. The smallest absolute Gasteiger partial charge is 0.137 e. The number of fused-ring (bicyclic) bond motifs is 1. The zero-order valence-electron chi connectivity index (χ0n) is 12.7. The van der Waals surface area contributed by atoms with Crippen molar-refractivity contribution in [2.45, 2.75) is 45.4 Å². The van der Waals surface area contributed by atoms with Gasteiger partial charge in [0, 0.05) is 17.2 Å². The van der Waals surface area contributed by atoms with Crippen LogP contribution in [0, 0.1) is 0 Å². The van der Waals surface area contributed by atoms with E-state index in [0.29, 0.717) is 0 Å². The third-order valence-corrected chi connectivity index (χ3v) is 4.14. The molecule has 3 nitrogen and oxygen atoms in total. The van der Waals surface area contributed by atoms with E-state index in [0.717, 1.165) is 21.9 Å². The van der Waals surface area contributed by atoms with Crippen LogP contribution in [0.3, 0.4) is 0 Å². The summed E-state index contributed by atoms with van der Waals surface area (Å²) >= 11 is 3.48. The molecule has 0 unspecified atom stereocenters. The van der Waals surface area contributed by atoms with Crippen LogP contribution in [0.2, 0.25) is 0 Å². The van der Waals surface area contributed by atoms with Crippen LogP contribution in [-0.4, -0.2) is 9.97 Å². The molecule has 4 heteroatoms. The van der Waals surface area contributed by atoms with Gasteiger partial charge in [0.2, 0.25) is 0 Å². The Morgan fingerprint density at radius 3 is 2.57 bits per heavy atom. The summed E-state index contributed by atoms with van der Waals surface area (Å²) in [5.41, 5.74) is 3.98. The normalized spacial score (nSPS) is 14.1. The molecular formula is C17H20BrN3. The second-order valence-corrected chi connectivity index (χ2v) is 7.42. The highest BCUT2D eigenvalue weighted by molar-refractivity contribution is 9.10. The molecule has 0 fully saturated rings. The summed E-state index contributed by atoms with van der Waals surface area (Å²) in [6.45, 7) is 6.36. The van der Waals surface area contributed by atoms with Crippen molar-refractivity contribution >= 4 is 27.4 Å². The summed E-state index contributed by atoms with van der Waals surface area (Å²) < 4.78 is 0.811. The predicted molar refractivity (Wildman–Crippen MR) is 90.2 cm³/mol. The lowest BCUT2D eigenvalue weighted by Crippen LogP contribution is -2.16. The summed E-state index contributed by atoms with van der Waals surface area (Å²) in [7, 11) is 0. The van der Waals surface area contributed by atoms with Crippen molar-refractivity contribution in [3.8, 4) is 0 Å². The minimum absolute atomic E-state index is 0.0713. The first-order valence-corrected chi connectivity index (χ1v) is 8.15. The molecule has 1 heterocycles. The van der Waals surface area contributed by atoms with Crippen LogP contribution in [0.15, 0.2) is 28.9 Å². The molecular weight excluding hydrogens is 326 g/mol. The van der Waals surface area contributed by atoms with Crippen molar-refractivity contribution in [1.82, 2.24) is 9.97 Å². The Morgan fingerprint density at radius 1 is 1.05 bits per heavy atom. The van der Waals surface area contributed by atoms with Crippen molar-refractivity contribution < 1.29 is 0 Å². The van der Waals surface area contributed by atoms with Crippen molar-refractivity contribution in [3.05, 3.63) is 45.8 Å². The average Bonchev–Trinajstić information content (AvgIpc) is 2.84. The Morgan fingerprint density at radius 2 is 1.81 bits per heavy atom. The minimum atomic E-state index is -0.0713. The van der Waals surface area contributed by atoms with E-state index in [1.54, 1.807) is 0 Å². The van der Waals surface area contributed by atoms with Crippen LogP contribution >= 0.6 is 15.9 Å². The maximum absolute atomic E-state index is 4.64. The van der Waals surface area contributed by atoms with Gasteiger partial charge in [0.25, 0.3) is 0 Å². The van der Waals surface area contributed by atoms with Crippen LogP contribution in [0.1, 0.15) is 44.1 Å². The third kappa shape index (κ3) is 3.26. The number of benzene rings is 1. The largest absolute Gasteiger partial charge is 0.340 e. The molecule has 0 aliphatic heterocycles. The number of nitrogens with zero attached hydrogens (tertiary/aromatic N) is 2. The number of hydrogen-bond donors (Lipinski definition) is 1. The molecule has 3 rings (SSSR count). The van der Waals surface area contributed by atoms with Crippen LogP contribution in [0.5, 0.6) is 0 Å². The third-order valence-electron chi connectivity index (χ3n) is 3.74. The number of nitrogens with one attached hydrogen (secondary N) is 1. The fraction of sp³-hybridized carbons (Fsp3) is 0.412. The van der Waals surface area contributed by atoms with Gasteiger partial charge < -0.3 is 5.32 Å².